The second kappa shape index (κ2) is 8.54. The van der Waals surface area contributed by atoms with E-state index in [0.717, 1.165) is 32.1 Å². The molecule has 0 fully saturated rings. The number of allylic oxidation sites excluding steroid dienone is 3. The Morgan fingerprint density at radius 2 is 2.17 bits per heavy atom. The molecule has 0 aliphatic heterocycles. The summed E-state index contributed by atoms with van der Waals surface area (Å²) >= 11 is 0. The number of hydrogen-bond acceptors (Lipinski definition) is 1. The Hall–Kier alpha value is -0.560. The van der Waals surface area contributed by atoms with Gasteiger partial charge >= 0.3 is 0 Å². The highest BCUT2D eigenvalue weighted by Crippen LogP contribution is 2.06. The van der Waals surface area contributed by atoms with Gasteiger partial charge in [-0.2, -0.15) is 0 Å². The molecule has 0 saturated carbocycles. The van der Waals surface area contributed by atoms with Gasteiger partial charge in [-0.3, -0.25) is 0 Å². The van der Waals surface area contributed by atoms with Gasteiger partial charge in [-0.25, -0.2) is 0 Å². The topological polar surface area (TPSA) is 20.2 Å². The van der Waals surface area contributed by atoms with E-state index in [0.29, 0.717) is 0 Å². The summed E-state index contributed by atoms with van der Waals surface area (Å²) in [4.78, 5) is 0. The van der Waals surface area contributed by atoms with E-state index in [4.69, 9.17) is 0 Å². The van der Waals surface area contributed by atoms with Gasteiger partial charge in [0.25, 0.3) is 0 Å². The molecule has 0 aliphatic carbocycles. The van der Waals surface area contributed by atoms with Crippen molar-refractivity contribution in [2.24, 2.45) is 0 Å². The molecule has 0 rings (SSSR count). The average Bonchev–Trinajstić information content (AvgIpc) is 2.05. The predicted octanol–water partition coefficient (Wildman–Crippen LogP) is 3.06. The van der Waals surface area contributed by atoms with Crippen LogP contribution < -0.4 is 0 Å². The lowest BCUT2D eigenvalue weighted by molar-refractivity contribution is 0.151. The molecule has 0 aromatic rings. The lowest BCUT2D eigenvalue weighted by Crippen LogP contribution is -2.04. The average molecular weight is 168 g/mol. The van der Waals surface area contributed by atoms with E-state index in [9.17, 15) is 5.11 Å². The second-order valence-electron chi connectivity index (χ2n) is 3.04. The van der Waals surface area contributed by atoms with Crippen LogP contribution in [0.4, 0.5) is 0 Å². The SMILES string of the molecule is C=CC=CCCCC(O)CCC. The summed E-state index contributed by atoms with van der Waals surface area (Å²) in [6.07, 6.45) is 10.8. The lowest BCUT2D eigenvalue weighted by atomic mass is 10.1. The molecule has 0 radical (unpaired) electrons. The van der Waals surface area contributed by atoms with E-state index in [1.807, 2.05) is 6.08 Å². The number of aliphatic hydroxyl groups is 1. The van der Waals surface area contributed by atoms with Crippen molar-refractivity contribution in [2.75, 3.05) is 0 Å². The largest absolute Gasteiger partial charge is 0.393 e. The number of aliphatic hydroxyl groups excluding tert-OH is 1. The Labute approximate surface area is 75.8 Å². The van der Waals surface area contributed by atoms with Crippen LogP contribution in [0.25, 0.3) is 0 Å². The molecular weight excluding hydrogens is 148 g/mol. The van der Waals surface area contributed by atoms with Crippen molar-refractivity contribution in [3.8, 4) is 0 Å². The van der Waals surface area contributed by atoms with E-state index in [1.165, 1.54) is 0 Å². The van der Waals surface area contributed by atoms with Gasteiger partial charge in [0.1, 0.15) is 0 Å². The van der Waals surface area contributed by atoms with Crippen LogP contribution in [-0.4, -0.2) is 11.2 Å². The minimum Gasteiger partial charge on any atom is -0.393 e. The Balaban J connectivity index is 3.18. The summed E-state index contributed by atoms with van der Waals surface area (Å²) in [5, 5.41) is 9.36. The van der Waals surface area contributed by atoms with E-state index >= 15 is 0 Å². The zero-order valence-electron chi connectivity index (χ0n) is 8.00. The molecule has 1 atom stereocenters. The van der Waals surface area contributed by atoms with Gasteiger partial charge in [-0.05, 0) is 25.7 Å². The molecule has 1 unspecified atom stereocenters. The fourth-order valence-corrected chi connectivity index (χ4v) is 1.14. The minimum atomic E-state index is -0.0906. The first-order chi connectivity index (χ1) is 5.81. The molecule has 0 amide bonds. The maximum Gasteiger partial charge on any atom is 0.0540 e. The summed E-state index contributed by atoms with van der Waals surface area (Å²) < 4.78 is 0. The fraction of sp³-hybridized carbons (Fsp3) is 0.636. The van der Waals surface area contributed by atoms with Gasteiger partial charge in [0.05, 0.1) is 6.10 Å². The third-order valence-electron chi connectivity index (χ3n) is 1.80. The molecule has 1 heteroatoms. The van der Waals surface area contributed by atoms with Crippen LogP contribution in [0.5, 0.6) is 0 Å². The van der Waals surface area contributed by atoms with Crippen molar-refractivity contribution < 1.29 is 5.11 Å². The Kier molecular flexibility index (Phi) is 8.14. The molecule has 1 N–H and O–H groups in total. The molecule has 1 nitrogen and oxygen atoms in total. The van der Waals surface area contributed by atoms with Gasteiger partial charge in [-0.15, -0.1) is 0 Å². The number of unbranched alkanes of at least 4 members (excludes halogenated alkanes) is 1. The van der Waals surface area contributed by atoms with Gasteiger partial charge in [0, 0.05) is 0 Å². The van der Waals surface area contributed by atoms with Crippen LogP contribution >= 0.6 is 0 Å². The molecule has 0 spiro atoms. The minimum absolute atomic E-state index is 0.0906. The molecule has 0 heterocycles. The molecule has 0 bridgehead atoms. The quantitative estimate of drug-likeness (QED) is 0.457. The van der Waals surface area contributed by atoms with Crippen LogP contribution in [0.1, 0.15) is 39.0 Å². The molecule has 0 aliphatic rings. The molecule has 0 aromatic heterocycles. The summed E-state index contributed by atoms with van der Waals surface area (Å²) in [6.45, 7) is 5.68. The Morgan fingerprint density at radius 1 is 1.42 bits per heavy atom. The van der Waals surface area contributed by atoms with Crippen molar-refractivity contribution in [3.05, 3.63) is 24.8 Å². The highest BCUT2D eigenvalue weighted by atomic mass is 16.3. The molecule has 70 valence electrons. The third kappa shape index (κ3) is 7.55. The van der Waals surface area contributed by atoms with Crippen molar-refractivity contribution in [3.63, 3.8) is 0 Å². The standard InChI is InChI=1S/C11H20O/c1-3-5-6-7-8-10-11(12)9-4-2/h3,5-6,11-12H,1,4,7-10H2,2H3. The zero-order chi connectivity index (χ0) is 9.23. The Bertz CT molecular complexity index is 127. The predicted molar refractivity (Wildman–Crippen MR) is 54.1 cm³/mol. The summed E-state index contributed by atoms with van der Waals surface area (Å²) in [5.41, 5.74) is 0. The molecule has 0 aromatic carbocycles. The fourth-order valence-electron chi connectivity index (χ4n) is 1.14. The van der Waals surface area contributed by atoms with Crippen molar-refractivity contribution in [1.29, 1.82) is 0 Å². The van der Waals surface area contributed by atoms with Gasteiger partial charge in [0.2, 0.25) is 0 Å². The zero-order valence-corrected chi connectivity index (χ0v) is 8.00. The van der Waals surface area contributed by atoms with Crippen molar-refractivity contribution >= 4 is 0 Å². The first-order valence-electron chi connectivity index (χ1n) is 4.76. The lowest BCUT2D eigenvalue weighted by Gasteiger charge is -2.06. The van der Waals surface area contributed by atoms with Gasteiger partial charge < -0.3 is 5.11 Å². The van der Waals surface area contributed by atoms with Crippen LogP contribution in [0.15, 0.2) is 24.8 Å². The van der Waals surface area contributed by atoms with Gasteiger partial charge in [-0.1, -0.05) is 38.2 Å². The van der Waals surface area contributed by atoms with Crippen molar-refractivity contribution in [2.45, 2.75) is 45.1 Å². The highest BCUT2D eigenvalue weighted by Gasteiger charge is 1.99. The summed E-state index contributed by atoms with van der Waals surface area (Å²) in [5.74, 6) is 0. The summed E-state index contributed by atoms with van der Waals surface area (Å²) in [7, 11) is 0. The Morgan fingerprint density at radius 3 is 2.75 bits per heavy atom. The number of hydrogen-bond donors (Lipinski definition) is 1. The van der Waals surface area contributed by atoms with Crippen molar-refractivity contribution in [1.82, 2.24) is 0 Å². The van der Waals surface area contributed by atoms with Crippen LogP contribution in [0.3, 0.4) is 0 Å². The highest BCUT2D eigenvalue weighted by molar-refractivity contribution is 4.96. The second-order valence-corrected chi connectivity index (χ2v) is 3.04. The first-order valence-corrected chi connectivity index (χ1v) is 4.76. The maximum atomic E-state index is 9.36. The van der Waals surface area contributed by atoms with Crippen LogP contribution in [-0.2, 0) is 0 Å². The smallest absolute Gasteiger partial charge is 0.0540 e. The van der Waals surface area contributed by atoms with Crippen LogP contribution in [0.2, 0.25) is 0 Å². The molecular formula is C11H20O. The van der Waals surface area contributed by atoms with E-state index in [1.54, 1.807) is 6.08 Å². The first kappa shape index (κ1) is 11.4. The van der Waals surface area contributed by atoms with Gasteiger partial charge in [0.15, 0.2) is 0 Å². The third-order valence-corrected chi connectivity index (χ3v) is 1.80. The van der Waals surface area contributed by atoms with Crippen LogP contribution in [0, 0.1) is 0 Å². The van der Waals surface area contributed by atoms with E-state index in [2.05, 4.69) is 19.6 Å². The van der Waals surface area contributed by atoms with E-state index in [-0.39, 0.29) is 6.10 Å². The summed E-state index contributed by atoms with van der Waals surface area (Å²) in [6, 6.07) is 0. The monoisotopic (exact) mass is 168 g/mol. The van der Waals surface area contributed by atoms with E-state index < -0.39 is 0 Å². The normalized spacial score (nSPS) is 13.5. The number of rotatable bonds is 7. The molecule has 12 heavy (non-hydrogen) atoms. The maximum absolute atomic E-state index is 9.36. The molecule has 0 saturated heterocycles.